The van der Waals surface area contributed by atoms with E-state index in [-0.39, 0.29) is 17.6 Å². The zero-order chi connectivity index (χ0) is 15.4. The summed E-state index contributed by atoms with van der Waals surface area (Å²) in [4.78, 5) is 27.9. The van der Waals surface area contributed by atoms with Gasteiger partial charge in [-0.2, -0.15) is 11.3 Å². The number of aromatic nitrogens is 1. The number of thiazole rings is 1. The summed E-state index contributed by atoms with van der Waals surface area (Å²) < 4.78 is 5.13. The Morgan fingerprint density at radius 2 is 2.05 bits per heavy atom. The van der Waals surface area contributed by atoms with Crippen LogP contribution >= 0.6 is 22.7 Å². The Morgan fingerprint density at radius 1 is 1.29 bits per heavy atom. The fraction of sp³-hybridized carbons (Fsp3) is 0.357. The number of nitrogens with one attached hydrogen (secondary N) is 1. The molecule has 112 valence electrons. The van der Waals surface area contributed by atoms with Gasteiger partial charge in [0.1, 0.15) is 5.01 Å². The Kier molecular flexibility index (Phi) is 5.08. The van der Waals surface area contributed by atoms with Crippen molar-refractivity contribution in [1.29, 1.82) is 0 Å². The van der Waals surface area contributed by atoms with Crippen LogP contribution in [0.1, 0.15) is 31.3 Å². The van der Waals surface area contributed by atoms with Crippen LogP contribution < -0.4 is 5.32 Å². The van der Waals surface area contributed by atoms with Gasteiger partial charge in [-0.3, -0.25) is 4.79 Å². The molecule has 7 heteroatoms. The van der Waals surface area contributed by atoms with Crippen molar-refractivity contribution in [2.75, 3.05) is 0 Å². The molecule has 1 N–H and O–H groups in total. The molecule has 0 saturated heterocycles. The summed E-state index contributed by atoms with van der Waals surface area (Å²) in [6, 6.07) is 1.94. The first-order valence-electron chi connectivity index (χ1n) is 6.47. The molecule has 2 rings (SSSR count). The summed E-state index contributed by atoms with van der Waals surface area (Å²) in [6.07, 6.45) is -0.841. The van der Waals surface area contributed by atoms with Crippen LogP contribution in [0.4, 0.5) is 0 Å². The molecule has 0 aliphatic carbocycles. The molecule has 0 saturated carbocycles. The molecule has 2 aromatic rings. The number of thiophene rings is 1. The van der Waals surface area contributed by atoms with Crippen molar-refractivity contribution in [3.63, 3.8) is 0 Å². The Bertz CT molecular complexity index is 620. The van der Waals surface area contributed by atoms with E-state index in [2.05, 4.69) is 10.3 Å². The molecule has 2 aromatic heterocycles. The number of nitrogens with zero attached hydrogens (tertiary/aromatic N) is 1. The van der Waals surface area contributed by atoms with E-state index >= 15 is 0 Å². The van der Waals surface area contributed by atoms with Gasteiger partial charge in [-0.25, -0.2) is 9.78 Å². The van der Waals surface area contributed by atoms with E-state index in [1.54, 1.807) is 23.6 Å². The average molecular weight is 324 g/mol. The number of hydrogen-bond acceptors (Lipinski definition) is 6. The van der Waals surface area contributed by atoms with Crippen molar-refractivity contribution in [2.24, 2.45) is 0 Å². The molecule has 0 aliphatic heterocycles. The minimum Gasteiger partial charge on any atom is -0.448 e. The van der Waals surface area contributed by atoms with Gasteiger partial charge in [0.15, 0.2) is 11.8 Å². The first-order valence-corrected chi connectivity index (χ1v) is 8.29. The van der Waals surface area contributed by atoms with Crippen molar-refractivity contribution in [2.45, 2.75) is 32.9 Å². The molecule has 1 unspecified atom stereocenters. The molecule has 1 amide bonds. The molecule has 0 aliphatic rings. The Morgan fingerprint density at radius 3 is 2.67 bits per heavy atom. The molecule has 0 radical (unpaired) electrons. The molecule has 5 nitrogen and oxygen atoms in total. The third-order valence-corrected chi connectivity index (χ3v) is 4.14. The molecule has 21 heavy (non-hydrogen) atoms. The maximum Gasteiger partial charge on any atom is 0.358 e. The summed E-state index contributed by atoms with van der Waals surface area (Å²) in [5, 5.41) is 9.02. The molecular formula is C14H16N2O3S2. The lowest BCUT2D eigenvalue weighted by molar-refractivity contribution is -0.129. The molecule has 0 bridgehead atoms. The largest absolute Gasteiger partial charge is 0.448 e. The number of hydrogen-bond donors (Lipinski definition) is 1. The Balaban J connectivity index is 1.99. The highest BCUT2D eigenvalue weighted by molar-refractivity contribution is 7.14. The van der Waals surface area contributed by atoms with Crippen LogP contribution in [-0.2, 0) is 9.53 Å². The first kappa shape index (κ1) is 15.7. The van der Waals surface area contributed by atoms with E-state index in [9.17, 15) is 9.59 Å². The topological polar surface area (TPSA) is 68.3 Å². The maximum absolute atomic E-state index is 12.0. The van der Waals surface area contributed by atoms with E-state index in [4.69, 9.17) is 4.74 Å². The zero-order valence-corrected chi connectivity index (χ0v) is 13.6. The minimum absolute atomic E-state index is 0.00289. The van der Waals surface area contributed by atoms with Gasteiger partial charge in [0, 0.05) is 22.4 Å². The fourth-order valence-corrected chi connectivity index (χ4v) is 3.06. The predicted molar refractivity (Wildman–Crippen MR) is 83.6 cm³/mol. The van der Waals surface area contributed by atoms with Gasteiger partial charge in [0.25, 0.3) is 5.91 Å². The van der Waals surface area contributed by atoms with Crippen molar-refractivity contribution in [1.82, 2.24) is 10.3 Å². The number of rotatable bonds is 5. The Labute approximate surface area is 131 Å². The summed E-state index contributed by atoms with van der Waals surface area (Å²) in [5.74, 6) is -0.897. The summed E-state index contributed by atoms with van der Waals surface area (Å²) >= 11 is 2.95. The van der Waals surface area contributed by atoms with E-state index < -0.39 is 12.1 Å². The number of ether oxygens (including phenoxy) is 1. The SMILES string of the molecule is CC(C)NC(=O)C(C)OC(=O)c1csc(-c2ccsc2)n1. The van der Waals surface area contributed by atoms with Gasteiger partial charge in [0.05, 0.1) is 0 Å². The van der Waals surface area contributed by atoms with Crippen LogP contribution in [0, 0.1) is 0 Å². The highest BCUT2D eigenvalue weighted by atomic mass is 32.1. The second-order valence-electron chi connectivity index (χ2n) is 4.76. The second kappa shape index (κ2) is 6.82. The highest BCUT2D eigenvalue weighted by Crippen LogP contribution is 2.26. The standard InChI is InChI=1S/C14H16N2O3S2/c1-8(2)15-12(17)9(3)19-14(18)11-7-21-13(16-11)10-4-5-20-6-10/h4-9H,1-3H3,(H,15,17). The normalized spacial score (nSPS) is 12.2. The molecule has 0 aromatic carbocycles. The molecular weight excluding hydrogens is 308 g/mol. The van der Waals surface area contributed by atoms with Crippen LogP contribution in [0.25, 0.3) is 10.6 Å². The van der Waals surface area contributed by atoms with Gasteiger partial charge in [-0.15, -0.1) is 11.3 Å². The monoisotopic (exact) mass is 324 g/mol. The van der Waals surface area contributed by atoms with Gasteiger partial charge in [0.2, 0.25) is 0 Å². The highest BCUT2D eigenvalue weighted by Gasteiger charge is 2.21. The summed E-state index contributed by atoms with van der Waals surface area (Å²) in [7, 11) is 0. The molecule has 1 atom stereocenters. The fourth-order valence-electron chi connectivity index (χ4n) is 1.56. The number of esters is 1. The first-order chi connectivity index (χ1) is 9.97. The average Bonchev–Trinajstić information content (AvgIpc) is 3.08. The lowest BCUT2D eigenvalue weighted by atomic mass is 10.3. The molecule has 0 spiro atoms. The zero-order valence-electron chi connectivity index (χ0n) is 12.0. The maximum atomic E-state index is 12.0. The smallest absolute Gasteiger partial charge is 0.358 e. The lowest BCUT2D eigenvalue weighted by Gasteiger charge is -2.14. The van der Waals surface area contributed by atoms with Crippen LogP contribution in [0.3, 0.4) is 0 Å². The van der Waals surface area contributed by atoms with Crippen molar-refractivity contribution >= 4 is 34.6 Å². The second-order valence-corrected chi connectivity index (χ2v) is 6.40. The van der Waals surface area contributed by atoms with Crippen LogP contribution in [-0.4, -0.2) is 29.0 Å². The van der Waals surface area contributed by atoms with E-state index in [0.717, 1.165) is 10.6 Å². The number of carbonyl (C=O) groups excluding carboxylic acids is 2. The quantitative estimate of drug-likeness (QED) is 0.859. The Hall–Kier alpha value is -1.73. The number of amides is 1. The third kappa shape index (κ3) is 4.12. The van der Waals surface area contributed by atoms with E-state index in [1.165, 1.54) is 11.3 Å². The van der Waals surface area contributed by atoms with Crippen LogP contribution in [0.2, 0.25) is 0 Å². The van der Waals surface area contributed by atoms with E-state index in [1.807, 2.05) is 30.7 Å². The number of carbonyl (C=O) groups is 2. The van der Waals surface area contributed by atoms with Crippen LogP contribution in [0.5, 0.6) is 0 Å². The minimum atomic E-state index is -0.841. The van der Waals surface area contributed by atoms with Gasteiger partial charge < -0.3 is 10.1 Å². The lowest BCUT2D eigenvalue weighted by Crippen LogP contribution is -2.39. The summed E-state index contributed by atoms with van der Waals surface area (Å²) in [5.41, 5.74) is 1.21. The van der Waals surface area contributed by atoms with Crippen molar-refractivity contribution in [3.05, 3.63) is 27.9 Å². The third-order valence-electron chi connectivity index (χ3n) is 2.57. The summed E-state index contributed by atoms with van der Waals surface area (Å²) in [6.45, 7) is 5.24. The predicted octanol–water partition coefficient (Wildman–Crippen LogP) is 2.94. The van der Waals surface area contributed by atoms with Crippen LogP contribution in [0.15, 0.2) is 22.2 Å². The van der Waals surface area contributed by atoms with Gasteiger partial charge >= 0.3 is 5.97 Å². The van der Waals surface area contributed by atoms with Crippen molar-refractivity contribution < 1.29 is 14.3 Å². The van der Waals surface area contributed by atoms with E-state index in [0.29, 0.717) is 0 Å². The van der Waals surface area contributed by atoms with Gasteiger partial charge in [-0.1, -0.05) is 0 Å². The molecule has 2 heterocycles. The van der Waals surface area contributed by atoms with Crippen molar-refractivity contribution in [3.8, 4) is 10.6 Å². The van der Waals surface area contributed by atoms with Gasteiger partial charge in [-0.05, 0) is 32.2 Å². The molecule has 0 fully saturated rings.